The predicted molar refractivity (Wildman–Crippen MR) is 62.9 cm³/mol. The molecule has 1 aromatic carbocycles. The summed E-state index contributed by atoms with van der Waals surface area (Å²) in [6.07, 6.45) is 1.99. The molecule has 0 bridgehead atoms. The molecule has 1 saturated heterocycles. The molecule has 3 nitrogen and oxygen atoms in total. The van der Waals surface area contributed by atoms with E-state index in [-0.39, 0.29) is 17.7 Å². The number of benzene rings is 1. The lowest BCUT2D eigenvalue weighted by atomic mass is 10.2. The Morgan fingerprint density at radius 2 is 2.12 bits per heavy atom. The summed E-state index contributed by atoms with van der Waals surface area (Å²) in [6, 6.07) is 6.49. The number of alkyl halides is 1. The maximum absolute atomic E-state index is 12.1. The van der Waals surface area contributed by atoms with Crippen LogP contribution >= 0.6 is 11.6 Å². The van der Waals surface area contributed by atoms with Gasteiger partial charge in [0, 0.05) is 24.0 Å². The molecule has 4 heteroatoms. The number of phenolic OH excluding ortho intramolecular Hbond substituents is 1. The van der Waals surface area contributed by atoms with Crippen LogP contribution in [0, 0.1) is 0 Å². The number of carbonyl (C=O) groups excluding carboxylic acids is 1. The molecule has 1 atom stereocenters. The van der Waals surface area contributed by atoms with Gasteiger partial charge in [-0.2, -0.15) is 0 Å². The van der Waals surface area contributed by atoms with Gasteiger partial charge in [-0.25, -0.2) is 0 Å². The van der Waals surface area contributed by atoms with Crippen LogP contribution < -0.4 is 0 Å². The Hall–Kier alpha value is -1.22. The SMILES string of the molecule is O=C(c1ccc(O)cc1)N1CCCC1CCl. The summed E-state index contributed by atoms with van der Waals surface area (Å²) in [4.78, 5) is 13.9. The average Bonchev–Trinajstić information content (AvgIpc) is 2.77. The van der Waals surface area contributed by atoms with Crippen molar-refractivity contribution in [2.24, 2.45) is 0 Å². The number of halogens is 1. The second-order valence-electron chi connectivity index (χ2n) is 4.00. The van der Waals surface area contributed by atoms with Gasteiger partial charge in [-0.15, -0.1) is 11.6 Å². The van der Waals surface area contributed by atoms with Crippen molar-refractivity contribution in [3.63, 3.8) is 0 Å². The second kappa shape index (κ2) is 4.74. The van der Waals surface area contributed by atoms with Gasteiger partial charge in [0.15, 0.2) is 0 Å². The highest BCUT2D eigenvalue weighted by atomic mass is 35.5. The number of hydrogen-bond acceptors (Lipinski definition) is 2. The number of aromatic hydroxyl groups is 1. The third-order valence-corrected chi connectivity index (χ3v) is 3.29. The molecule has 0 radical (unpaired) electrons. The maximum atomic E-state index is 12.1. The highest BCUT2D eigenvalue weighted by Crippen LogP contribution is 2.21. The molecule has 1 unspecified atom stereocenters. The third kappa shape index (κ3) is 2.14. The fourth-order valence-electron chi connectivity index (χ4n) is 2.03. The summed E-state index contributed by atoms with van der Waals surface area (Å²) in [7, 11) is 0. The first-order valence-electron chi connectivity index (χ1n) is 5.38. The van der Waals surface area contributed by atoms with E-state index in [1.54, 1.807) is 12.1 Å². The van der Waals surface area contributed by atoms with Crippen LogP contribution in [0.2, 0.25) is 0 Å². The van der Waals surface area contributed by atoms with Crippen molar-refractivity contribution < 1.29 is 9.90 Å². The van der Waals surface area contributed by atoms with Crippen molar-refractivity contribution in [1.82, 2.24) is 4.90 Å². The summed E-state index contributed by atoms with van der Waals surface area (Å²) >= 11 is 5.83. The quantitative estimate of drug-likeness (QED) is 0.804. The summed E-state index contributed by atoms with van der Waals surface area (Å²) in [5.74, 6) is 0.666. The number of amides is 1. The first-order valence-corrected chi connectivity index (χ1v) is 5.92. The number of phenols is 1. The van der Waals surface area contributed by atoms with E-state index >= 15 is 0 Å². The Morgan fingerprint density at radius 3 is 2.75 bits per heavy atom. The number of carbonyl (C=O) groups is 1. The van der Waals surface area contributed by atoms with Gasteiger partial charge in [0.1, 0.15) is 5.75 Å². The smallest absolute Gasteiger partial charge is 0.254 e. The molecule has 0 saturated carbocycles. The second-order valence-corrected chi connectivity index (χ2v) is 4.30. The molecular weight excluding hydrogens is 226 g/mol. The summed E-state index contributed by atoms with van der Waals surface area (Å²) in [5.41, 5.74) is 0.606. The molecule has 86 valence electrons. The van der Waals surface area contributed by atoms with E-state index in [0.29, 0.717) is 11.4 Å². The zero-order chi connectivity index (χ0) is 11.5. The molecule has 16 heavy (non-hydrogen) atoms. The van der Waals surface area contributed by atoms with E-state index in [1.807, 2.05) is 4.90 Å². The van der Waals surface area contributed by atoms with Crippen LogP contribution in [0.25, 0.3) is 0 Å². The Labute approximate surface area is 99.6 Å². The average molecular weight is 240 g/mol. The number of rotatable bonds is 2. The molecule has 1 heterocycles. The minimum absolute atomic E-state index is 0.00292. The van der Waals surface area contributed by atoms with Gasteiger partial charge in [-0.3, -0.25) is 4.79 Å². The molecule has 1 aromatic rings. The van der Waals surface area contributed by atoms with Gasteiger partial charge < -0.3 is 10.0 Å². The van der Waals surface area contributed by atoms with Crippen LogP contribution in [0.1, 0.15) is 23.2 Å². The molecule has 0 aromatic heterocycles. The molecule has 1 aliphatic rings. The van der Waals surface area contributed by atoms with E-state index in [2.05, 4.69) is 0 Å². The van der Waals surface area contributed by atoms with E-state index in [0.717, 1.165) is 19.4 Å². The molecular formula is C12H14ClNO2. The normalized spacial score (nSPS) is 20.1. The third-order valence-electron chi connectivity index (χ3n) is 2.93. The largest absolute Gasteiger partial charge is 0.508 e. The topological polar surface area (TPSA) is 40.5 Å². The van der Waals surface area contributed by atoms with Crippen molar-refractivity contribution in [3.8, 4) is 5.75 Å². The van der Waals surface area contributed by atoms with Gasteiger partial charge in [-0.05, 0) is 37.1 Å². The van der Waals surface area contributed by atoms with Crippen molar-refractivity contribution in [2.45, 2.75) is 18.9 Å². The van der Waals surface area contributed by atoms with Crippen LogP contribution in [0.15, 0.2) is 24.3 Å². The molecule has 1 N–H and O–H groups in total. The highest BCUT2D eigenvalue weighted by molar-refractivity contribution is 6.18. The van der Waals surface area contributed by atoms with E-state index < -0.39 is 0 Å². The van der Waals surface area contributed by atoms with Crippen LogP contribution in [-0.4, -0.2) is 34.4 Å². The highest BCUT2D eigenvalue weighted by Gasteiger charge is 2.28. The minimum atomic E-state index is 0.00292. The van der Waals surface area contributed by atoms with Gasteiger partial charge in [-0.1, -0.05) is 0 Å². The Kier molecular flexibility index (Phi) is 3.34. The first kappa shape index (κ1) is 11.3. The lowest BCUT2D eigenvalue weighted by molar-refractivity contribution is 0.0749. The molecule has 1 fully saturated rings. The van der Waals surface area contributed by atoms with Crippen molar-refractivity contribution in [2.75, 3.05) is 12.4 Å². The molecule has 0 aliphatic carbocycles. The van der Waals surface area contributed by atoms with Crippen LogP contribution in [-0.2, 0) is 0 Å². The van der Waals surface area contributed by atoms with E-state index in [4.69, 9.17) is 16.7 Å². The Morgan fingerprint density at radius 1 is 1.44 bits per heavy atom. The maximum Gasteiger partial charge on any atom is 0.254 e. The molecule has 1 amide bonds. The fraction of sp³-hybridized carbons (Fsp3) is 0.417. The zero-order valence-electron chi connectivity index (χ0n) is 8.90. The Bertz CT molecular complexity index is 377. The zero-order valence-corrected chi connectivity index (χ0v) is 9.65. The Balaban J connectivity index is 2.15. The van der Waals surface area contributed by atoms with Gasteiger partial charge >= 0.3 is 0 Å². The van der Waals surface area contributed by atoms with Crippen LogP contribution in [0.4, 0.5) is 0 Å². The summed E-state index contributed by atoms with van der Waals surface area (Å²) < 4.78 is 0. The number of likely N-dealkylation sites (tertiary alicyclic amines) is 1. The van der Waals surface area contributed by atoms with Crippen molar-refractivity contribution >= 4 is 17.5 Å². The predicted octanol–water partition coefficient (Wildman–Crippen LogP) is 2.24. The van der Waals surface area contributed by atoms with Crippen LogP contribution in [0.5, 0.6) is 5.75 Å². The van der Waals surface area contributed by atoms with Crippen molar-refractivity contribution in [3.05, 3.63) is 29.8 Å². The number of nitrogens with zero attached hydrogens (tertiary/aromatic N) is 1. The van der Waals surface area contributed by atoms with E-state index in [9.17, 15) is 4.79 Å². The lowest BCUT2D eigenvalue weighted by Gasteiger charge is -2.22. The standard InChI is InChI=1S/C12H14ClNO2/c13-8-10-2-1-7-14(10)12(16)9-3-5-11(15)6-4-9/h3-6,10,15H,1-2,7-8H2. The van der Waals surface area contributed by atoms with Gasteiger partial charge in [0.05, 0.1) is 0 Å². The molecule has 2 rings (SSSR count). The fourth-order valence-corrected chi connectivity index (χ4v) is 2.35. The first-order chi connectivity index (χ1) is 7.72. The van der Waals surface area contributed by atoms with Gasteiger partial charge in [0.2, 0.25) is 0 Å². The van der Waals surface area contributed by atoms with E-state index in [1.165, 1.54) is 12.1 Å². The van der Waals surface area contributed by atoms with Crippen molar-refractivity contribution in [1.29, 1.82) is 0 Å². The summed E-state index contributed by atoms with van der Waals surface area (Å²) in [6.45, 7) is 0.775. The van der Waals surface area contributed by atoms with Crippen LogP contribution in [0.3, 0.4) is 0 Å². The monoisotopic (exact) mass is 239 g/mol. The molecule has 0 spiro atoms. The van der Waals surface area contributed by atoms with Gasteiger partial charge in [0.25, 0.3) is 5.91 Å². The summed E-state index contributed by atoms with van der Waals surface area (Å²) in [5, 5.41) is 9.16. The number of hydrogen-bond donors (Lipinski definition) is 1. The minimum Gasteiger partial charge on any atom is -0.508 e. The molecule has 1 aliphatic heterocycles. The lowest BCUT2D eigenvalue weighted by Crippen LogP contribution is -2.36.